The lowest BCUT2D eigenvalue weighted by Crippen LogP contribution is -2.42. The zero-order valence-corrected chi connectivity index (χ0v) is 12.1. The molecule has 0 fully saturated rings. The van der Waals surface area contributed by atoms with Crippen molar-refractivity contribution in [2.45, 2.75) is 32.7 Å². The monoisotopic (exact) mass is 289 g/mol. The van der Waals surface area contributed by atoms with E-state index in [1.54, 1.807) is 6.20 Å². The second-order valence-corrected chi connectivity index (χ2v) is 5.56. The lowest BCUT2D eigenvalue weighted by molar-refractivity contribution is -0.142. The van der Waals surface area contributed by atoms with Gasteiger partial charge in [0.25, 0.3) is 0 Å². The fraction of sp³-hybridized carbons (Fsp3) is 0.400. The first kappa shape index (κ1) is 15.0. The minimum Gasteiger partial charge on any atom is -0.480 e. The van der Waals surface area contributed by atoms with Crippen molar-refractivity contribution < 1.29 is 14.7 Å². The van der Waals surface area contributed by atoms with Gasteiger partial charge in [-0.15, -0.1) is 0 Å². The summed E-state index contributed by atoms with van der Waals surface area (Å²) in [6.45, 7) is 3.85. The first-order valence-corrected chi connectivity index (χ1v) is 6.90. The van der Waals surface area contributed by atoms with Crippen molar-refractivity contribution in [1.82, 2.24) is 15.5 Å². The van der Waals surface area contributed by atoms with Gasteiger partial charge < -0.3 is 10.4 Å². The van der Waals surface area contributed by atoms with Crippen LogP contribution >= 0.6 is 0 Å². The molecule has 0 aliphatic rings. The van der Waals surface area contributed by atoms with E-state index in [0.717, 1.165) is 16.5 Å². The Kier molecular flexibility index (Phi) is 4.57. The number of nitrogens with one attached hydrogen (secondary N) is 2. The predicted molar refractivity (Wildman–Crippen MR) is 78.8 cm³/mol. The molecule has 0 unspecified atom stereocenters. The molecule has 0 spiro atoms. The number of carbonyl (C=O) groups excluding carboxylic acids is 1. The van der Waals surface area contributed by atoms with E-state index in [1.165, 1.54) is 0 Å². The highest BCUT2D eigenvalue weighted by Gasteiger charge is 2.21. The fourth-order valence-corrected chi connectivity index (χ4v) is 2.22. The van der Waals surface area contributed by atoms with Gasteiger partial charge in [0.1, 0.15) is 6.04 Å². The largest absolute Gasteiger partial charge is 0.480 e. The van der Waals surface area contributed by atoms with Gasteiger partial charge in [0.15, 0.2) is 0 Å². The Morgan fingerprint density at radius 2 is 2.14 bits per heavy atom. The van der Waals surface area contributed by atoms with Crippen LogP contribution in [0.3, 0.4) is 0 Å². The Morgan fingerprint density at radius 3 is 2.81 bits per heavy atom. The van der Waals surface area contributed by atoms with Gasteiger partial charge in [-0.05, 0) is 24.0 Å². The molecule has 0 aliphatic carbocycles. The summed E-state index contributed by atoms with van der Waals surface area (Å²) in [5.74, 6) is -1.09. The van der Waals surface area contributed by atoms with E-state index in [2.05, 4.69) is 15.5 Å². The van der Waals surface area contributed by atoms with E-state index < -0.39 is 12.0 Å². The van der Waals surface area contributed by atoms with Gasteiger partial charge in [-0.1, -0.05) is 26.0 Å². The lowest BCUT2D eigenvalue weighted by Gasteiger charge is -2.16. The van der Waals surface area contributed by atoms with E-state index in [-0.39, 0.29) is 18.2 Å². The van der Waals surface area contributed by atoms with Crippen LogP contribution in [-0.2, 0) is 16.0 Å². The first-order valence-electron chi connectivity index (χ1n) is 6.90. The van der Waals surface area contributed by atoms with E-state index in [9.17, 15) is 9.59 Å². The molecule has 0 saturated heterocycles. The number of rotatable bonds is 6. The van der Waals surface area contributed by atoms with Crippen LogP contribution in [0, 0.1) is 5.92 Å². The molecule has 112 valence electrons. The van der Waals surface area contributed by atoms with Gasteiger partial charge in [-0.2, -0.15) is 5.10 Å². The maximum atomic E-state index is 12.0. The van der Waals surface area contributed by atoms with Gasteiger partial charge in [0, 0.05) is 5.39 Å². The normalized spacial score (nSPS) is 12.5. The van der Waals surface area contributed by atoms with Crippen molar-refractivity contribution >= 4 is 22.8 Å². The second-order valence-electron chi connectivity index (χ2n) is 5.56. The number of benzene rings is 1. The van der Waals surface area contributed by atoms with E-state index in [0.29, 0.717) is 6.42 Å². The number of carbonyl (C=O) groups is 2. The summed E-state index contributed by atoms with van der Waals surface area (Å²) in [5.41, 5.74) is 1.68. The summed E-state index contributed by atoms with van der Waals surface area (Å²) < 4.78 is 0. The molecule has 1 atom stereocenters. The molecular weight excluding hydrogens is 270 g/mol. The zero-order chi connectivity index (χ0) is 15.4. The Bertz CT molecular complexity index is 648. The van der Waals surface area contributed by atoms with Crippen LogP contribution in [0.1, 0.15) is 25.8 Å². The van der Waals surface area contributed by atoms with Crippen molar-refractivity contribution in [2.24, 2.45) is 5.92 Å². The minimum absolute atomic E-state index is 0.150. The maximum absolute atomic E-state index is 12.0. The third kappa shape index (κ3) is 4.05. The fourth-order valence-electron chi connectivity index (χ4n) is 2.22. The van der Waals surface area contributed by atoms with Crippen molar-refractivity contribution in [3.8, 4) is 0 Å². The van der Waals surface area contributed by atoms with Crippen LogP contribution in [-0.4, -0.2) is 33.2 Å². The SMILES string of the molecule is CC(C)C[C@@H](NC(=O)Cc1ccc2cn[nH]c2c1)C(=O)O. The number of aromatic nitrogens is 2. The molecule has 0 bridgehead atoms. The second kappa shape index (κ2) is 6.39. The van der Waals surface area contributed by atoms with Crippen LogP contribution in [0.2, 0.25) is 0 Å². The van der Waals surface area contributed by atoms with Crippen molar-refractivity contribution in [2.75, 3.05) is 0 Å². The van der Waals surface area contributed by atoms with Crippen LogP contribution in [0.4, 0.5) is 0 Å². The summed E-state index contributed by atoms with van der Waals surface area (Å²) in [6.07, 6.45) is 2.28. The van der Waals surface area contributed by atoms with Crippen LogP contribution in [0.15, 0.2) is 24.4 Å². The number of fused-ring (bicyclic) bond motifs is 1. The Morgan fingerprint density at radius 1 is 1.38 bits per heavy atom. The smallest absolute Gasteiger partial charge is 0.326 e. The molecular formula is C15H19N3O3. The minimum atomic E-state index is -0.999. The zero-order valence-electron chi connectivity index (χ0n) is 12.1. The molecule has 6 nitrogen and oxygen atoms in total. The van der Waals surface area contributed by atoms with Gasteiger partial charge in [-0.25, -0.2) is 4.79 Å². The highest BCUT2D eigenvalue weighted by Crippen LogP contribution is 2.13. The standard InChI is InChI=1S/C15H19N3O3/c1-9(2)5-13(15(20)21)17-14(19)7-10-3-4-11-8-16-18-12(11)6-10/h3-4,6,8-9,13H,5,7H2,1-2H3,(H,16,18)(H,17,19)(H,20,21)/t13-/m1/s1. The van der Waals surface area contributed by atoms with E-state index in [1.807, 2.05) is 32.0 Å². The van der Waals surface area contributed by atoms with Crippen molar-refractivity contribution in [3.05, 3.63) is 30.0 Å². The Labute approximate surface area is 122 Å². The third-order valence-electron chi connectivity index (χ3n) is 3.21. The molecule has 1 amide bonds. The van der Waals surface area contributed by atoms with Crippen molar-refractivity contribution in [3.63, 3.8) is 0 Å². The number of hydrogen-bond donors (Lipinski definition) is 3. The summed E-state index contributed by atoms with van der Waals surface area (Å²) in [7, 11) is 0. The van der Waals surface area contributed by atoms with Crippen LogP contribution in [0.25, 0.3) is 10.9 Å². The van der Waals surface area contributed by atoms with E-state index in [4.69, 9.17) is 5.11 Å². The molecule has 1 aromatic heterocycles. The number of carboxylic acid groups (broad SMARTS) is 1. The van der Waals surface area contributed by atoms with Crippen LogP contribution in [0.5, 0.6) is 0 Å². The van der Waals surface area contributed by atoms with Gasteiger partial charge in [0.2, 0.25) is 5.91 Å². The first-order chi connectivity index (χ1) is 9.95. The molecule has 2 aromatic rings. The molecule has 21 heavy (non-hydrogen) atoms. The number of aliphatic carboxylic acids is 1. The summed E-state index contributed by atoms with van der Waals surface area (Å²) in [6, 6.07) is 4.73. The number of amides is 1. The predicted octanol–water partition coefficient (Wildman–Crippen LogP) is 1.72. The molecule has 3 N–H and O–H groups in total. The van der Waals surface area contributed by atoms with Gasteiger partial charge in [0.05, 0.1) is 18.1 Å². The van der Waals surface area contributed by atoms with Gasteiger partial charge in [-0.3, -0.25) is 9.89 Å². The van der Waals surface area contributed by atoms with Crippen LogP contribution < -0.4 is 5.32 Å². The summed E-state index contributed by atoms with van der Waals surface area (Å²) in [4.78, 5) is 23.1. The molecule has 1 aromatic carbocycles. The number of carboxylic acids is 1. The lowest BCUT2D eigenvalue weighted by atomic mass is 10.0. The number of H-pyrrole nitrogens is 1. The highest BCUT2D eigenvalue weighted by molar-refractivity contribution is 5.86. The van der Waals surface area contributed by atoms with Crippen molar-refractivity contribution in [1.29, 1.82) is 0 Å². The average Bonchev–Trinajstić information content (AvgIpc) is 2.84. The molecule has 1 heterocycles. The Hall–Kier alpha value is -2.37. The average molecular weight is 289 g/mol. The summed E-state index contributed by atoms with van der Waals surface area (Å²) >= 11 is 0. The number of aromatic amines is 1. The topological polar surface area (TPSA) is 95.1 Å². The quantitative estimate of drug-likeness (QED) is 0.754. The maximum Gasteiger partial charge on any atom is 0.326 e. The molecule has 2 rings (SSSR count). The molecule has 0 radical (unpaired) electrons. The Balaban J connectivity index is 2.01. The summed E-state index contributed by atoms with van der Waals surface area (Å²) in [5, 5.41) is 19.4. The molecule has 0 saturated carbocycles. The van der Waals surface area contributed by atoms with Gasteiger partial charge >= 0.3 is 5.97 Å². The number of nitrogens with zero attached hydrogens (tertiary/aromatic N) is 1. The molecule has 0 aliphatic heterocycles. The van der Waals surface area contributed by atoms with E-state index >= 15 is 0 Å². The highest BCUT2D eigenvalue weighted by atomic mass is 16.4. The molecule has 6 heteroatoms. The third-order valence-corrected chi connectivity index (χ3v) is 3.21. The number of hydrogen-bond acceptors (Lipinski definition) is 3.